The number of rotatable bonds is 6. The summed E-state index contributed by atoms with van der Waals surface area (Å²) in [5, 5.41) is 14.3. The van der Waals surface area contributed by atoms with E-state index in [-0.39, 0.29) is 5.54 Å². The molecule has 0 atom stereocenters. The largest absolute Gasteiger partial charge is 0.493 e. The maximum Gasteiger partial charge on any atom is 0.245 e. The van der Waals surface area contributed by atoms with E-state index in [1.807, 2.05) is 20.8 Å². The highest BCUT2D eigenvalue weighted by Gasteiger charge is 2.15. The Morgan fingerprint density at radius 1 is 0.958 bits per heavy atom. The highest BCUT2D eigenvalue weighted by molar-refractivity contribution is 5.66. The molecule has 2 aromatic rings. The predicted molar refractivity (Wildman–Crippen MR) is 92.6 cm³/mol. The van der Waals surface area contributed by atoms with Crippen molar-refractivity contribution in [3.63, 3.8) is 0 Å². The zero-order valence-corrected chi connectivity index (χ0v) is 14.8. The number of methoxy groups -OCH3 is 3. The Morgan fingerprint density at radius 3 is 2.08 bits per heavy atom. The molecule has 0 spiro atoms. The van der Waals surface area contributed by atoms with Gasteiger partial charge in [0.05, 0.1) is 27.5 Å². The van der Waals surface area contributed by atoms with E-state index >= 15 is 0 Å². The minimum Gasteiger partial charge on any atom is -0.493 e. The lowest BCUT2D eigenvalue weighted by Gasteiger charge is -2.20. The summed E-state index contributed by atoms with van der Waals surface area (Å²) in [5.74, 6) is 2.62. The molecule has 1 heterocycles. The Labute approximate surface area is 141 Å². The zero-order valence-electron chi connectivity index (χ0n) is 14.8. The van der Waals surface area contributed by atoms with Gasteiger partial charge in [-0.1, -0.05) is 0 Å². The Bertz CT molecular complexity index is 675. The first kappa shape index (κ1) is 17.6. The molecule has 8 nitrogen and oxygen atoms in total. The van der Waals surface area contributed by atoms with E-state index in [4.69, 9.17) is 14.2 Å². The molecular weight excluding hydrogens is 310 g/mol. The normalized spacial score (nSPS) is 10.9. The second-order valence-corrected chi connectivity index (χ2v) is 6.08. The number of benzene rings is 1. The van der Waals surface area contributed by atoms with Crippen LogP contribution in [-0.4, -0.2) is 42.0 Å². The first-order chi connectivity index (χ1) is 11.4. The summed E-state index contributed by atoms with van der Waals surface area (Å²) in [5.41, 5.74) is 0.569. The van der Waals surface area contributed by atoms with Crippen molar-refractivity contribution in [3.8, 4) is 17.2 Å². The quantitative estimate of drug-likeness (QED) is 0.834. The molecule has 1 aromatic heterocycles. The summed E-state index contributed by atoms with van der Waals surface area (Å²) in [6.45, 7) is 6.07. The molecule has 130 valence electrons. The Kier molecular flexibility index (Phi) is 5.28. The Hall–Kier alpha value is -2.77. The minimum atomic E-state index is -0.160. The van der Waals surface area contributed by atoms with E-state index in [2.05, 4.69) is 25.8 Å². The minimum absolute atomic E-state index is 0.160. The van der Waals surface area contributed by atoms with Crippen LogP contribution in [0.1, 0.15) is 20.8 Å². The van der Waals surface area contributed by atoms with Crippen LogP contribution in [0.2, 0.25) is 0 Å². The first-order valence-corrected chi connectivity index (χ1v) is 7.41. The molecule has 0 fully saturated rings. The molecule has 0 aliphatic heterocycles. The van der Waals surface area contributed by atoms with E-state index in [0.29, 0.717) is 29.0 Å². The molecule has 0 unspecified atom stereocenters. The average molecular weight is 333 g/mol. The van der Waals surface area contributed by atoms with Gasteiger partial charge in [-0.25, -0.2) is 0 Å². The molecule has 2 N–H and O–H groups in total. The number of nitrogens with one attached hydrogen (secondary N) is 2. The third-order valence-electron chi connectivity index (χ3n) is 2.98. The van der Waals surface area contributed by atoms with Gasteiger partial charge in [0.1, 0.15) is 0 Å². The van der Waals surface area contributed by atoms with Crippen molar-refractivity contribution in [3.05, 3.63) is 18.3 Å². The third-order valence-corrected chi connectivity index (χ3v) is 2.98. The van der Waals surface area contributed by atoms with Crippen molar-refractivity contribution in [1.29, 1.82) is 0 Å². The van der Waals surface area contributed by atoms with Gasteiger partial charge >= 0.3 is 0 Å². The molecule has 1 aromatic carbocycles. The van der Waals surface area contributed by atoms with Crippen molar-refractivity contribution in [2.24, 2.45) is 0 Å². The van der Waals surface area contributed by atoms with Crippen LogP contribution in [0, 0.1) is 0 Å². The molecule has 0 radical (unpaired) electrons. The maximum absolute atomic E-state index is 5.34. The maximum atomic E-state index is 5.34. The third kappa shape index (κ3) is 4.37. The number of nitrogens with zero attached hydrogens (tertiary/aromatic N) is 3. The molecular formula is C16H23N5O3. The number of ether oxygens (including phenoxy) is 3. The smallest absolute Gasteiger partial charge is 0.245 e. The van der Waals surface area contributed by atoms with Crippen molar-refractivity contribution < 1.29 is 14.2 Å². The highest BCUT2D eigenvalue weighted by Crippen LogP contribution is 2.40. The van der Waals surface area contributed by atoms with Gasteiger partial charge < -0.3 is 24.8 Å². The van der Waals surface area contributed by atoms with Crippen LogP contribution in [0.4, 0.5) is 17.5 Å². The Balaban J connectivity index is 2.29. The van der Waals surface area contributed by atoms with Gasteiger partial charge in [0.15, 0.2) is 17.3 Å². The first-order valence-electron chi connectivity index (χ1n) is 7.41. The summed E-state index contributed by atoms with van der Waals surface area (Å²) < 4.78 is 16.0. The summed E-state index contributed by atoms with van der Waals surface area (Å²) in [6.07, 6.45) is 1.54. The summed E-state index contributed by atoms with van der Waals surface area (Å²) >= 11 is 0. The van der Waals surface area contributed by atoms with Crippen LogP contribution < -0.4 is 24.8 Å². The number of hydrogen-bond donors (Lipinski definition) is 2. The molecule has 0 aliphatic rings. The van der Waals surface area contributed by atoms with E-state index < -0.39 is 0 Å². The van der Waals surface area contributed by atoms with Gasteiger partial charge in [-0.15, -0.1) is 5.10 Å². The lowest BCUT2D eigenvalue weighted by molar-refractivity contribution is 0.324. The number of hydrogen-bond acceptors (Lipinski definition) is 8. The average Bonchev–Trinajstić information content (AvgIpc) is 2.52. The molecule has 0 amide bonds. The lowest BCUT2D eigenvalue weighted by atomic mass is 10.1. The van der Waals surface area contributed by atoms with Gasteiger partial charge in [0, 0.05) is 23.4 Å². The molecule has 0 saturated carbocycles. The van der Waals surface area contributed by atoms with Crippen LogP contribution in [0.15, 0.2) is 18.3 Å². The van der Waals surface area contributed by atoms with Crippen molar-refractivity contribution in [1.82, 2.24) is 15.2 Å². The van der Waals surface area contributed by atoms with E-state index in [0.717, 1.165) is 5.69 Å². The van der Waals surface area contributed by atoms with Gasteiger partial charge in [-0.05, 0) is 20.8 Å². The number of anilines is 3. The molecule has 0 aliphatic carbocycles. The van der Waals surface area contributed by atoms with Crippen molar-refractivity contribution >= 4 is 17.5 Å². The van der Waals surface area contributed by atoms with Crippen LogP contribution in [0.25, 0.3) is 0 Å². The molecule has 0 bridgehead atoms. The fourth-order valence-corrected chi connectivity index (χ4v) is 2.05. The molecule has 2 rings (SSSR count). The van der Waals surface area contributed by atoms with Gasteiger partial charge in [-0.2, -0.15) is 10.1 Å². The van der Waals surface area contributed by atoms with Gasteiger partial charge in [-0.3, -0.25) is 0 Å². The summed E-state index contributed by atoms with van der Waals surface area (Å²) in [6, 6.07) is 3.58. The summed E-state index contributed by atoms with van der Waals surface area (Å²) in [7, 11) is 4.70. The topological polar surface area (TPSA) is 90.4 Å². The SMILES string of the molecule is COc1cc(Nc2cnnc(NC(C)(C)C)n2)cc(OC)c1OC. The van der Waals surface area contributed by atoms with Crippen LogP contribution in [-0.2, 0) is 0 Å². The molecule has 0 saturated heterocycles. The van der Waals surface area contributed by atoms with Crippen LogP contribution in [0.3, 0.4) is 0 Å². The van der Waals surface area contributed by atoms with Crippen molar-refractivity contribution in [2.75, 3.05) is 32.0 Å². The predicted octanol–water partition coefficient (Wildman–Crippen LogP) is 2.85. The highest BCUT2D eigenvalue weighted by atomic mass is 16.5. The zero-order chi connectivity index (χ0) is 17.7. The van der Waals surface area contributed by atoms with Crippen LogP contribution >= 0.6 is 0 Å². The monoisotopic (exact) mass is 333 g/mol. The summed E-state index contributed by atoms with van der Waals surface area (Å²) in [4.78, 5) is 4.40. The van der Waals surface area contributed by atoms with Crippen LogP contribution in [0.5, 0.6) is 17.2 Å². The number of aromatic nitrogens is 3. The fourth-order valence-electron chi connectivity index (χ4n) is 2.05. The van der Waals surface area contributed by atoms with Gasteiger partial charge in [0.25, 0.3) is 0 Å². The van der Waals surface area contributed by atoms with Gasteiger partial charge in [0.2, 0.25) is 11.7 Å². The lowest BCUT2D eigenvalue weighted by Crippen LogP contribution is -2.27. The Morgan fingerprint density at radius 2 is 1.58 bits per heavy atom. The van der Waals surface area contributed by atoms with E-state index in [9.17, 15) is 0 Å². The second-order valence-electron chi connectivity index (χ2n) is 6.08. The van der Waals surface area contributed by atoms with Crippen molar-refractivity contribution in [2.45, 2.75) is 26.3 Å². The van der Waals surface area contributed by atoms with E-state index in [1.165, 1.54) is 6.20 Å². The molecule has 24 heavy (non-hydrogen) atoms. The standard InChI is InChI=1S/C16H23N5O3/c1-16(2,3)20-15-19-13(9-17-21-15)18-10-7-11(22-4)14(24-6)12(8-10)23-5/h7-9H,1-6H3,(H2,18,19,20,21). The second kappa shape index (κ2) is 7.20. The van der Waals surface area contributed by atoms with E-state index in [1.54, 1.807) is 33.5 Å². The fraction of sp³-hybridized carbons (Fsp3) is 0.438. The molecule has 8 heteroatoms.